The van der Waals surface area contributed by atoms with Crippen molar-refractivity contribution in [1.82, 2.24) is 0 Å². The van der Waals surface area contributed by atoms with E-state index in [1.165, 1.54) is 34.6 Å². The summed E-state index contributed by atoms with van der Waals surface area (Å²) >= 11 is 1.50. The number of amides is 1. The van der Waals surface area contributed by atoms with E-state index in [1.807, 2.05) is 38.1 Å². The van der Waals surface area contributed by atoms with Crippen LogP contribution in [0.3, 0.4) is 0 Å². The molecule has 1 aliphatic rings. The first-order chi connectivity index (χ1) is 11.9. The highest BCUT2D eigenvalue weighted by Crippen LogP contribution is 2.30. The Bertz CT molecular complexity index is 786. The third kappa shape index (κ3) is 4.10. The summed E-state index contributed by atoms with van der Waals surface area (Å²) in [4.78, 5) is 26.6. The summed E-state index contributed by atoms with van der Waals surface area (Å²) in [6.45, 7) is 5.50. The van der Waals surface area contributed by atoms with Crippen LogP contribution < -0.4 is 5.32 Å². The van der Waals surface area contributed by atoms with E-state index < -0.39 is 12.1 Å². The van der Waals surface area contributed by atoms with E-state index in [2.05, 4.69) is 5.32 Å². The van der Waals surface area contributed by atoms with Crippen LogP contribution in [0, 0.1) is 13.8 Å². The van der Waals surface area contributed by atoms with Gasteiger partial charge in [-0.2, -0.15) is 0 Å². The Morgan fingerprint density at radius 1 is 1.16 bits per heavy atom. The Labute approximate surface area is 152 Å². The van der Waals surface area contributed by atoms with Gasteiger partial charge in [-0.25, -0.2) is 4.79 Å². The monoisotopic (exact) mass is 357 g/mol. The molecule has 132 valence electrons. The van der Waals surface area contributed by atoms with Gasteiger partial charge in [0.1, 0.15) is 4.88 Å². The summed E-state index contributed by atoms with van der Waals surface area (Å²) in [7, 11) is 0. The van der Waals surface area contributed by atoms with Crippen LogP contribution in [0.4, 0.5) is 5.69 Å². The molecule has 1 aromatic heterocycles. The Morgan fingerprint density at radius 3 is 2.68 bits per heavy atom. The maximum Gasteiger partial charge on any atom is 0.349 e. The number of esters is 1. The number of rotatable bonds is 4. The van der Waals surface area contributed by atoms with Crippen molar-refractivity contribution in [3.8, 4) is 0 Å². The van der Waals surface area contributed by atoms with Crippen LogP contribution >= 0.6 is 11.3 Å². The average molecular weight is 357 g/mol. The first-order valence-corrected chi connectivity index (χ1v) is 9.46. The van der Waals surface area contributed by atoms with Crippen LogP contribution in [0.15, 0.2) is 24.3 Å². The number of carbonyl (C=O) groups excluding carboxylic acids is 2. The minimum absolute atomic E-state index is 0.316. The van der Waals surface area contributed by atoms with Crippen LogP contribution in [0.5, 0.6) is 0 Å². The zero-order valence-corrected chi connectivity index (χ0v) is 15.7. The largest absolute Gasteiger partial charge is 0.448 e. The molecule has 0 fully saturated rings. The fourth-order valence-corrected chi connectivity index (χ4v) is 4.10. The predicted octanol–water partition coefficient (Wildman–Crippen LogP) is 4.43. The number of thiophene rings is 1. The van der Waals surface area contributed by atoms with Crippen LogP contribution in [0.25, 0.3) is 0 Å². The normalized spacial score (nSPS) is 14.5. The molecule has 3 rings (SSSR count). The first kappa shape index (κ1) is 17.7. The molecular formula is C20H23NO3S. The number of carbonyl (C=O) groups is 2. The van der Waals surface area contributed by atoms with Crippen LogP contribution in [-0.2, 0) is 22.4 Å². The van der Waals surface area contributed by atoms with Gasteiger partial charge in [0.05, 0.1) is 0 Å². The quantitative estimate of drug-likeness (QED) is 0.824. The fraction of sp³-hybridized carbons (Fsp3) is 0.400. The Kier molecular flexibility index (Phi) is 5.23. The van der Waals surface area contributed by atoms with Gasteiger partial charge in [0.2, 0.25) is 0 Å². The smallest absolute Gasteiger partial charge is 0.349 e. The summed E-state index contributed by atoms with van der Waals surface area (Å²) in [6.07, 6.45) is 3.58. The first-order valence-electron chi connectivity index (χ1n) is 8.64. The molecule has 5 heteroatoms. The molecule has 1 N–H and O–H groups in total. The number of hydrogen-bond donors (Lipinski definition) is 1. The lowest BCUT2D eigenvalue weighted by Crippen LogP contribution is -2.30. The van der Waals surface area contributed by atoms with Gasteiger partial charge in [0, 0.05) is 10.6 Å². The molecule has 2 aromatic rings. The van der Waals surface area contributed by atoms with Crippen LogP contribution in [-0.4, -0.2) is 18.0 Å². The number of anilines is 1. The Hall–Kier alpha value is -2.14. The molecular weight excluding hydrogens is 334 g/mol. The second kappa shape index (κ2) is 7.40. The van der Waals surface area contributed by atoms with Crippen LogP contribution in [0.1, 0.15) is 51.0 Å². The number of benzene rings is 1. The summed E-state index contributed by atoms with van der Waals surface area (Å²) < 4.78 is 5.38. The molecule has 1 aliphatic carbocycles. The third-order valence-electron chi connectivity index (χ3n) is 4.50. The molecule has 4 nitrogen and oxygen atoms in total. The van der Waals surface area contributed by atoms with Gasteiger partial charge in [-0.15, -0.1) is 11.3 Å². The average Bonchev–Trinajstić information content (AvgIpc) is 3.02. The minimum atomic E-state index is -0.841. The number of fused-ring (bicyclic) bond motifs is 1. The lowest BCUT2D eigenvalue weighted by atomic mass is 9.99. The van der Waals surface area contributed by atoms with Crippen molar-refractivity contribution in [3.63, 3.8) is 0 Å². The Morgan fingerprint density at radius 2 is 1.92 bits per heavy atom. The molecule has 1 unspecified atom stereocenters. The molecule has 0 radical (unpaired) electrons. The maximum atomic E-state index is 12.4. The molecule has 1 amide bonds. The van der Waals surface area contributed by atoms with Gasteiger partial charge in [0.25, 0.3) is 5.91 Å². The van der Waals surface area contributed by atoms with E-state index in [0.29, 0.717) is 4.88 Å². The fourth-order valence-electron chi connectivity index (χ4n) is 2.97. The second-order valence-corrected chi connectivity index (χ2v) is 7.76. The topological polar surface area (TPSA) is 55.4 Å². The Balaban J connectivity index is 1.63. The van der Waals surface area contributed by atoms with Crippen LogP contribution in [0.2, 0.25) is 0 Å². The number of hydrogen-bond acceptors (Lipinski definition) is 4. The second-order valence-electron chi connectivity index (χ2n) is 6.62. The summed E-state index contributed by atoms with van der Waals surface area (Å²) in [5.41, 5.74) is 4.05. The van der Waals surface area contributed by atoms with Crippen molar-refractivity contribution < 1.29 is 14.3 Å². The molecule has 0 bridgehead atoms. The standard InChI is InChI=1S/C20H23NO3S/c1-12-8-9-13(2)16(10-12)21-19(22)14(3)24-20(23)18-11-15-6-4-5-7-17(15)25-18/h8-11,14H,4-7H2,1-3H3,(H,21,22). The summed E-state index contributed by atoms with van der Waals surface area (Å²) in [6, 6.07) is 7.79. The van der Waals surface area contributed by atoms with Gasteiger partial charge in [-0.05, 0) is 75.3 Å². The molecule has 1 aromatic carbocycles. The molecule has 0 saturated heterocycles. The third-order valence-corrected chi connectivity index (χ3v) is 5.72. The SMILES string of the molecule is Cc1ccc(C)c(NC(=O)C(C)OC(=O)c2cc3c(s2)CCCC3)c1. The molecule has 1 heterocycles. The predicted molar refractivity (Wildman–Crippen MR) is 100 cm³/mol. The van der Waals surface area contributed by atoms with Crippen molar-refractivity contribution in [2.24, 2.45) is 0 Å². The summed E-state index contributed by atoms with van der Waals surface area (Å²) in [5.74, 6) is -0.730. The van der Waals surface area contributed by atoms with E-state index in [1.54, 1.807) is 6.92 Å². The minimum Gasteiger partial charge on any atom is -0.448 e. The highest BCUT2D eigenvalue weighted by atomic mass is 32.1. The van der Waals surface area contributed by atoms with E-state index >= 15 is 0 Å². The lowest BCUT2D eigenvalue weighted by Gasteiger charge is -2.14. The van der Waals surface area contributed by atoms with E-state index in [9.17, 15) is 9.59 Å². The number of nitrogens with one attached hydrogen (secondary N) is 1. The van der Waals surface area contributed by atoms with E-state index in [-0.39, 0.29) is 5.91 Å². The number of ether oxygens (including phenoxy) is 1. The summed E-state index contributed by atoms with van der Waals surface area (Å²) in [5, 5.41) is 2.84. The lowest BCUT2D eigenvalue weighted by molar-refractivity contribution is -0.123. The highest BCUT2D eigenvalue weighted by Gasteiger charge is 2.23. The van der Waals surface area contributed by atoms with E-state index in [4.69, 9.17) is 4.74 Å². The van der Waals surface area contributed by atoms with Crippen molar-refractivity contribution in [2.75, 3.05) is 5.32 Å². The molecule has 0 saturated carbocycles. The van der Waals surface area contributed by atoms with Crippen molar-refractivity contribution in [1.29, 1.82) is 0 Å². The van der Waals surface area contributed by atoms with Gasteiger partial charge in [-0.3, -0.25) is 4.79 Å². The van der Waals surface area contributed by atoms with E-state index in [0.717, 1.165) is 29.7 Å². The van der Waals surface area contributed by atoms with Crippen molar-refractivity contribution >= 4 is 28.9 Å². The van der Waals surface area contributed by atoms with Crippen molar-refractivity contribution in [2.45, 2.75) is 52.6 Å². The molecule has 1 atom stereocenters. The van der Waals surface area contributed by atoms with Gasteiger partial charge < -0.3 is 10.1 Å². The zero-order valence-electron chi connectivity index (χ0n) is 14.8. The molecule has 25 heavy (non-hydrogen) atoms. The molecule has 0 spiro atoms. The van der Waals surface area contributed by atoms with Gasteiger partial charge >= 0.3 is 5.97 Å². The zero-order chi connectivity index (χ0) is 18.0. The van der Waals surface area contributed by atoms with Crippen molar-refractivity contribution in [3.05, 3.63) is 50.7 Å². The maximum absolute atomic E-state index is 12.4. The molecule has 0 aliphatic heterocycles. The highest BCUT2D eigenvalue weighted by molar-refractivity contribution is 7.14. The number of aryl methyl sites for hydroxylation is 4. The van der Waals surface area contributed by atoms with Gasteiger partial charge in [-0.1, -0.05) is 12.1 Å². The van der Waals surface area contributed by atoms with Gasteiger partial charge in [0.15, 0.2) is 6.10 Å².